The fourth-order valence-corrected chi connectivity index (χ4v) is 4.62. The molecule has 1 unspecified atom stereocenters. The van der Waals surface area contributed by atoms with Crippen LogP contribution in [-0.2, 0) is 7.05 Å². The zero-order chi connectivity index (χ0) is 16.6. The van der Waals surface area contributed by atoms with E-state index >= 15 is 0 Å². The van der Waals surface area contributed by atoms with E-state index in [4.69, 9.17) is 4.74 Å². The summed E-state index contributed by atoms with van der Waals surface area (Å²) >= 11 is 0. The monoisotopic (exact) mass is 320 g/mol. The molecule has 3 rings (SSSR count). The van der Waals surface area contributed by atoms with Crippen molar-refractivity contribution in [2.24, 2.45) is 18.4 Å². The van der Waals surface area contributed by atoms with Crippen molar-refractivity contribution in [1.82, 2.24) is 14.7 Å². The molecule has 1 aliphatic heterocycles. The maximum absolute atomic E-state index is 12.7. The summed E-state index contributed by atoms with van der Waals surface area (Å²) in [7, 11) is 3.38. The van der Waals surface area contributed by atoms with Crippen molar-refractivity contribution in [2.45, 2.75) is 52.0 Å². The van der Waals surface area contributed by atoms with Crippen molar-refractivity contribution in [3.05, 3.63) is 6.20 Å². The van der Waals surface area contributed by atoms with E-state index in [1.807, 2.05) is 11.9 Å². The zero-order valence-corrected chi connectivity index (χ0v) is 14.6. The summed E-state index contributed by atoms with van der Waals surface area (Å²) in [5.74, 6) is 0.929. The van der Waals surface area contributed by atoms with Crippen LogP contribution in [0.4, 0.5) is 10.5 Å². The highest BCUT2D eigenvalue weighted by atomic mass is 16.5. The van der Waals surface area contributed by atoms with Crippen molar-refractivity contribution in [1.29, 1.82) is 0 Å². The van der Waals surface area contributed by atoms with Crippen molar-refractivity contribution >= 4 is 11.7 Å². The van der Waals surface area contributed by atoms with E-state index < -0.39 is 0 Å². The van der Waals surface area contributed by atoms with Gasteiger partial charge in [0.1, 0.15) is 5.69 Å². The lowest BCUT2D eigenvalue weighted by atomic mass is 9.60. The Labute approximate surface area is 138 Å². The Morgan fingerprint density at radius 3 is 2.70 bits per heavy atom. The van der Waals surface area contributed by atoms with Crippen LogP contribution in [0.25, 0.3) is 0 Å². The fraction of sp³-hybridized carbons (Fsp3) is 0.765. The topological polar surface area (TPSA) is 59.4 Å². The van der Waals surface area contributed by atoms with Crippen molar-refractivity contribution in [3.63, 3.8) is 0 Å². The lowest BCUT2D eigenvalue weighted by molar-refractivity contribution is -0.0854. The molecule has 0 bridgehead atoms. The number of aryl methyl sites for hydroxylation is 1. The summed E-state index contributed by atoms with van der Waals surface area (Å²) in [6.07, 6.45) is 8.23. The van der Waals surface area contributed by atoms with E-state index in [0.717, 1.165) is 6.54 Å². The molecule has 2 aliphatic rings. The largest absolute Gasteiger partial charge is 0.478 e. The minimum absolute atomic E-state index is 0.0359. The standard InChI is InChI=1S/C17H28N4O2/c1-12(2)14-17(8-6-5-7-9-17)11-21(14)16(22)18-13-10-20(3)19-15(13)23-4/h10,12,14H,5-9,11H2,1-4H3,(H,18,22). The number of hydrogen-bond acceptors (Lipinski definition) is 3. The quantitative estimate of drug-likeness (QED) is 0.930. The number of likely N-dealkylation sites (tertiary alicyclic amines) is 1. The highest BCUT2D eigenvalue weighted by Crippen LogP contribution is 2.51. The Bertz CT molecular complexity index is 575. The van der Waals surface area contributed by atoms with E-state index in [-0.39, 0.29) is 6.03 Å². The molecular formula is C17H28N4O2. The molecule has 1 N–H and O–H groups in total. The summed E-state index contributed by atoms with van der Waals surface area (Å²) < 4.78 is 6.86. The first-order chi connectivity index (χ1) is 11.0. The second kappa shape index (κ2) is 6.06. The highest BCUT2D eigenvalue weighted by Gasteiger charge is 2.55. The van der Waals surface area contributed by atoms with Gasteiger partial charge in [-0.15, -0.1) is 5.10 Å². The third-order valence-electron chi connectivity index (χ3n) is 5.42. The Hall–Kier alpha value is -1.72. The predicted molar refractivity (Wildman–Crippen MR) is 89.6 cm³/mol. The molecule has 1 aromatic heterocycles. The number of nitrogens with zero attached hydrogens (tertiary/aromatic N) is 3. The number of methoxy groups -OCH3 is 1. The minimum atomic E-state index is -0.0359. The van der Waals surface area contributed by atoms with Gasteiger partial charge in [0.05, 0.1) is 13.3 Å². The lowest BCUT2D eigenvalue weighted by Crippen LogP contribution is -2.69. The molecule has 1 saturated carbocycles. The van der Waals surface area contributed by atoms with Gasteiger partial charge in [0, 0.05) is 25.0 Å². The van der Waals surface area contributed by atoms with Gasteiger partial charge in [-0.2, -0.15) is 0 Å². The predicted octanol–water partition coefficient (Wildman–Crippen LogP) is 3.25. The summed E-state index contributed by atoms with van der Waals surface area (Å²) in [5.41, 5.74) is 0.982. The van der Waals surface area contributed by atoms with Crippen LogP contribution in [0.5, 0.6) is 5.88 Å². The SMILES string of the molecule is COc1nn(C)cc1NC(=O)N1CC2(CCCCC2)C1C(C)C. The molecular weight excluding hydrogens is 292 g/mol. The molecule has 6 nitrogen and oxygen atoms in total. The molecule has 23 heavy (non-hydrogen) atoms. The molecule has 1 saturated heterocycles. The van der Waals surface area contributed by atoms with Crippen LogP contribution < -0.4 is 10.1 Å². The van der Waals surface area contributed by atoms with E-state index in [0.29, 0.717) is 28.9 Å². The van der Waals surface area contributed by atoms with Crippen molar-refractivity contribution in [2.75, 3.05) is 19.0 Å². The number of carbonyl (C=O) groups is 1. The van der Waals surface area contributed by atoms with Gasteiger partial charge < -0.3 is 15.0 Å². The first kappa shape index (κ1) is 16.1. The van der Waals surface area contributed by atoms with Gasteiger partial charge in [0.2, 0.25) is 0 Å². The average Bonchev–Trinajstić information content (AvgIpc) is 2.85. The second-order valence-corrected chi connectivity index (χ2v) is 7.40. The van der Waals surface area contributed by atoms with Crippen LogP contribution in [0.1, 0.15) is 46.0 Å². The second-order valence-electron chi connectivity index (χ2n) is 7.40. The lowest BCUT2D eigenvalue weighted by Gasteiger charge is -2.61. The number of ether oxygens (including phenoxy) is 1. The van der Waals surface area contributed by atoms with E-state index in [1.54, 1.807) is 18.0 Å². The molecule has 2 amide bonds. The molecule has 1 atom stereocenters. The first-order valence-corrected chi connectivity index (χ1v) is 8.62. The maximum Gasteiger partial charge on any atom is 0.322 e. The van der Waals surface area contributed by atoms with Gasteiger partial charge in [0.15, 0.2) is 0 Å². The zero-order valence-electron chi connectivity index (χ0n) is 14.6. The Morgan fingerprint density at radius 1 is 1.39 bits per heavy atom. The summed E-state index contributed by atoms with van der Waals surface area (Å²) in [6, 6.07) is 0.302. The van der Waals surface area contributed by atoms with Crippen molar-refractivity contribution in [3.8, 4) is 5.88 Å². The van der Waals surface area contributed by atoms with Crippen LogP contribution in [0.3, 0.4) is 0 Å². The number of carbonyl (C=O) groups excluding carboxylic acids is 1. The molecule has 0 radical (unpaired) electrons. The molecule has 1 spiro atoms. The number of urea groups is 1. The molecule has 2 fully saturated rings. The van der Waals surface area contributed by atoms with Crippen LogP contribution in [-0.4, -0.2) is 40.4 Å². The third kappa shape index (κ3) is 2.79. The Kier molecular flexibility index (Phi) is 4.25. The number of nitrogens with one attached hydrogen (secondary N) is 1. The van der Waals surface area contributed by atoms with Gasteiger partial charge in [-0.25, -0.2) is 4.79 Å². The van der Waals surface area contributed by atoms with Gasteiger partial charge in [-0.3, -0.25) is 4.68 Å². The third-order valence-corrected chi connectivity index (χ3v) is 5.42. The van der Waals surface area contributed by atoms with E-state index in [2.05, 4.69) is 24.3 Å². The van der Waals surface area contributed by atoms with Crippen LogP contribution in [0, 0.1) is 11.3 Å². The smallest absolute Gasteiger partial charge is 0.322 e. The van der Waals surface area contributed by atoms with Gasteiger partial charge >= 0.3 is 6.03 Å². The molecule has 1 aromatic rings. The van der Waals surface area contributed by atoms with E-state index in [1.165, 1.54) is 32.1 Å². The Balaban J connectivity index is 1.72. The summed E-state index contributed by atoms with van der Waals surface area (Å²) in [6.45, 7) is 5.33. The molecule has 0 aromatic carbocycles. The number of amides is 2. The van der Waals surface area contributed by atoms with Gasteiger partial charge in [0.25, 0.3) is 5.88 Å². The molecule has 6 heteroatoms. The van der Waals surface area contributed by atoms with Crippen LogP contribution in [0.15, 0.2) is 6.20 Å². The normalized spacial score (nSPS) is 23.0. The number of hydrogen-bond donors (Lipinski definition) is 1. The van der Waals surface area contributed by atoms with Gasteiger partial charge in [-0.1, -0.05) is 33.1 Å². The van der Waals surface area contributed by atoms with Gasteiger partial charge in [-0.05, 0) is 18.8 Å². The molecule has 2 heterocycles. The fourth-order valence-electron chi connectivity index (χ4n) is 4.62. The number of rotatable bonds is 3. The summed E-state index contributed by atoms with van der Waals surface area (Å²) in [5, 5.41) is 7.15. The number of aromatic nitrogens is 2. The van der Waals surface area contributed by atoms with Crippen molar-refractivity contribution < 1.29 is 9.53 Å². The molecule has 128 valence electrons. The Morgan fingerprint density at radius 2 is 2.09 bits per heavy atom. The highest BCUT2D eigenvalue weighted by molar-refractivity contribution is 5.91. The van der Waals surface area contributed by atoms with Crippen LogP contribution >= 0.6 is 0 Å². The van der Waals surface area contributed by atoms with E-state index in [9.17, 15) is 4.79 Å². The average molecular weight is 320 g/mol. The first-order valence-electron chi connectivity index (χ1n) is 8.62. The number of anilines is 1. The summed E-state index contributed by atoms with van der Waals surface area (Å²) in [4.78, 5) is 14.7. The maximum atomic E-state index is 12.7. The molecule has 1 aliphatic carbocycles. The van der Waals surface area contributed by atoms with Crippen LogP contribution in [0.2, 0.25) is 0 Å². The minimum Gasteiger partial charge on any atom is -0.478 e.